The molecule has 0 radical (unpaired) electrons. The zero-order valence-corrected chi connectivity index (χ0v) is 17.9. The van der Waals surface area contributed by atoms with E-state index in [1.165, 1.54) is 16.9 Å². The summed E-state index contributed by atoms with van der Waals surface area (Å²) in [6.45, 7) is 8.13. The van der Waals surface area contributed by atoms with E-state index in [-0.39, 0.29) is 13.2 Å². The van der Waals surface area contributed by atoms with E-state index in [0.717, 1.165) is 16.8 Å². The van der Waals surface area contributed by atoms with Crippen molar-refractivity contribution in [1.29, 1.82) is 0 Å². The summed E-state index contributed by atoms with van der Waals surface area (Å²) in [6, 6.07) is 7.93. The Morgan fingerprint density at radius 2 is 1.59 bits per heavy atom. The topological polar surface area (TPSA) is 55.8 Å². The molecule has 0 saturated heterocycles. The number of esters is 2. The maximum absolute atomic E-state index is 12.8. The second kappa shape index (κ2) is 9.09. The van der Waals surface area contributed by atoms with Gasteiger partial charge in [0.2, 0.25) is 0 Å². The zero-order chi connectivity index (χ0) is 21.0. The minimum Gasteiger partial charge on any atom is -0.463 e. The number of rotatable bonds is 6. The molecular formula is C23H25NO4S. The van der Waals surface area contributed by atoms with Gasteiger partial charge in [-0.05, 0) is 73.3 Å². The molecule has 2 heterocycles. The molecular weight excluding hydrogens is 386 g/mol. The molecule has 0 bridgehead atoms. The van der Waals surface area contributed by atoms with Crippen LogP contribution in [0.15, 0.2) is 58.6 Å². The average Bonchev–Trinajstić information content (AvgIpc) is 3.24. The summed E-state index contributed by atoms with van der Waals surface area (Å²) in [7, 11) is 0. The van der Waals surface area contributed by atoms with Gasteiger partial charge in [-0.1, -0.05) is 6.07 Å². The molecule has 1 aliphatic heterocycles. The van der Waals surface area contributed by atoms with Crippen molar-refractivity contribution in [2.24, 2.45) is 0 Å². The van der Waals surface area contributed by atoms with Crippen LogP contribution >= 0.6 is 11.3 Å². The van der Waals surface area contributed by atoms with Crippen molar-refractivity contribution in [3.05, 3.63) is 75.3 Å². The molecule has 1 aromatic heterocycles. The Morgan fingerprint density at radius 3 is 2.07 bits per heavy atom. The molecule has 0 N–H and O–H groups in total. The Hall–Kier alpha value is -2.86. The van der Waals surface area contributed by atoms with Gasteiger partial charge in [0.25, 0.3) is 0 Å². The molecule has 0 atom stereocenters. The summed E-state index contributed by atoms with van der Waals surface area (Å²) in [5, 5.41) is 3.87. The quantitative estimate of drug-likeness (QED) is 0.635. The Balaban J connectivity index is 2.14. The molecule has 0 spiro atoms. The van der Waals surface area contributed by atoms with Crippen LogP contribution in [0.2, 0.25) is 0 Å². The van der Waals surface area contributed by atoms with Crippen LogP contribution in [0.4, 0.5) is 5.69 Å². The smallest absolute Gasteiger partial charge is 0.336 e. The lowest BCUT2D eigenvalue weighted by atomic mass is 9.84. The molecule has 0 saturated carbocycles. The maximum atomic E-state index is 12.8. The van der Waals surface area contributed by atoms with E-state index in [1.807, 2.05) is 48.9 Å². The molecule has 152 valence electrons. The summed E-state index contributed by atoms with van der Waals surface area (Å²) in [5.41, 5.74) is 4.85. The summed E-state index contributed by atoms with van der Waals surface area (Å²) in [6.07, 6.45) is 3.51. The van der Waals surface area contributed by atoms with Crippen LogP contribution in [0, 0.1) is 13.8 Å². The SMILES string of the molecule is CCOC(=O)C1=CN(c2ccc(C)c(C)c2)C=C(C(=O)OCC)C1c1ccsc1. The molecule has 0 aliphatic carbocycles. The number of ether oxygens (including phenoxy) is 2. The van der Waals surface area contributed by atoms with Crippen molar-refractivity contribution in [2.45, 2.75) is 33.6 Å². The highest BCUT2D eigenvalue weighted by Gasteiger charge is 2.36. The Kier molecular flexibility index (Phi) is 6.54. The van der Waals surface area contributed by atoms with Crippen molar-refractivity contribution in [2.75, 3.05) is 18.1 Å². The second-order valence-corrected chi connectivity index (χ2v) is 7.56. The molecule has 29 heavy (non-hydrogen) atoms. The lowest BCUT2D eigenvalue weighted by Crippen LogP contribution is -2.29. The van der Waals surface area contributed by atoms with Crippen LogP contribution in [-0.2, 0) is 19.1 Å². The lowest BCUT2D eigenvalue weighted by molar-refractivity contribution is -0.139. The van der Waals surface area contributed by atoms with Crippen LogP contribution in [-0.4, -0.2) is 25.2 Å². The number of hydrogen-bond acceptors (Lipinski definition) is 6. The Labute approximate surface area is 175 Å². The minimum absolute atomic E-state index is 0.259. The van der Waals surface area contributed by atoms with Gasteiger partial charge < -0.3 is 14.4 Å². The molecule has 3 rings (SSSR count). The first kappa shape index (κ1) is 20.9. The van der Waals surface area contributed by atoms with Gasteiger partial charge in [0.05, 0.1) is 30.3 Å². The molecule has 1 aromatic carbocycles. The van der Waals surface area contributed by atoms with E-state index in [9.17, 15) is 9.59 Å². The first-order valence-corrected chi connectivity index (χ1v) is 10.6. The van der Waals surface area contributed by atoms with Gasteiger partial charge in [-0.25, -0.2) is 9.59 Å². The van der Waals surface area contributed by atoms with Gasteiger partial charge in [-0.3, -0.25) is 0 Å². The third kappa shape index (κ3) is 4.43. The summed E-state index contributed by atoms with van der Waals surface area (Å²) < 4.78 is 10.6. The number of hydrogen-bond donors (Lipinski definition) is 0. The van der Waals surface area contributed by atoms with Crippen LogP contribution < -0.4 is 4.90 Å². The number of thiophene rings is 1. The van der Waals surface area contributed by atoms with Crippen molar-refractivity contribution in [3.63, 3.8) is 0 Å². The van der Waals surface area contributed by atoms with Gasteiger partial charge in [0.15, 0.2) is 0 Å². The predicted octanol–water partition coefficient (Wildman–Crippen LogP) is 4.86. The number of carbonyl (C=O) groups is 2. The normalized spacial score (nSPS) is 14.3. The Morgan fingerprint density at radius 1 is 0.966 bits per heavy atom. The molecule has 5 nitrogen and oxygen atoms in total. The first-order valence-electron chi connectivity index (χ1n) is 9.61. The fourth-order valence-corrected chi connectivity index (χ4v) is 3.94. The van der Waals surface area contributed by atoms with Crippen molar-refractivity contribution in [3.8, 4) is 0 Å². The van der Waals surface area contributed by atoms with Gasteiger partial charge >= 0.3 is 11.9 Å². The highest BCUT2D eigenvalue weighted by atomic mass is 32.1. The molecule has 6 heteroatoms. The summed E-state index contributed by atoms with van der Waals surface area (Å²) >= 11 is 1.52. The monoisotopic (exact) mass is 411 g/mol. The van der Waals surface area contributed by atoms with Crippen molar-refractivity contribution < 1.29 is 19.1 Å². The van der Waals surface area contributed by atoms with Gasteiger partial charge in [-0.15, -0.1) is 0 Å². The first-order chi connectivity index (χ1) is 14.0. The number of anilines is 1. The van der Waals surface area contributed by atoms with Crippen LogP contribution in [0.25, 0.3) is 0 Å². The maximum Gasteiger partial charge on any atom is 0.336 e. The lowest BCUT2D eigenvalue weighted by Gasteiger charge is -2.30. The van der Waals surface area contributed by atoms with E-state index in [1.54, 1.807) is 31.1 Å². The van der Waals surface area contributed by atoms with Crippen LogP contribution in [0.1, 0.15) is 36.5 Å². The van der Waals surface area contributed by atoms with Gasteiger partial charge in [0, 0.05) is 18.1 Å². The van der Waals surface area contributed by atoms with E-state index in [0.29, 0.717) is 11.1 Å². The highest BCUT2D eigenvalue weighted by Crippen LogP contribution is 2.39. The van der Waals surface area contributed by atoms with E-state index < -0.39 is 17.9 Å². The van der Waals surface area contributed by atoms with Crippen molar-refractivity contribution in [1.82, 2.24) is 0 Å². The highest BCUT2D eigenvalue weighted by molar-refractivity contribution is 7.08. The minimum atomic E-state index is -0.526. The molecule has 0 amide bonds. The summed E-state index contributed by atoms with van der Waals surface area (Å²) in [5.74, 6) is -1.40. The zero-order valence-electron chi connectivity index (χ0n) is 17.1. The number of carbonyl (C=O) groups excluding carboxylic acids is 2. The van der Waals surface area contributed by atoms with Gasteiger partial charge in [0.1, 0.15) is 0 Å². The summed E-state index contributed by atoms with van der Waals surface area (Å²) in [4.78, 5) is 27.5. The number of nitrogens with zero attached hydrogens (tertiary/aromatic N) is 1. The fraction of sp³-hybridized carbons (Fsp3) is 0.304. The van der Waals surface area contributed by atoms with E-state index in [2.05, 4.69) is 0 Å². The number of aryl methyl sites for hydroxylation is 2. The molecule has 0 fully saturated rings. The molecule has 2 aromatic rings. The Bertz CT molecular complexity index is 923. The van der Waals surface area contributed by atoms with Gasteiger partial charge in [-0.2, -0.15) is 11.3 Å². The number of benzene rings is 1. The average molecular weight is 412 g/mol. The standard InChI is InChI=1S/C23H25NO4S/c1-5-27-22(25)19-12-24(18-8-7-15(3)16(4)11-18)13-20(23(26)28-6-2)21(19)17-9-10-29-14-17/h7-14,21H,5-6H2,1-4H3. The molecule has 1 aliphatic rings. The third-order valence-corrected chi connectivity index (χ3v) is 5.57. The van der Waals surface area contributed by atoms with E-state index in [4.69, 9.17) is 9.47 Å². The van der Waals surface area contributed by atoms with E-state index >= 15 is 0 Å². The van der Waals surface area contributed by atoms with Crippen molar-refractivity contribution >= 4 is 29.0 Å². The predicted molar refractivity (Wildman–Crippen MR) is 115 cm³/mol. The largest absolute Gasteiger partial charge is 0.463 e. The second-order valence-electron chi connectivity index (χ2n) is 6.78. The molecule has 0 unspecified atom stereocenters. The third-order valence-electron chi connectivity index (χ3n) is 4.87. The fourth-order valence-electron chi connectivity index (χ4n) is 3.26. The van der Waals surface area contributed by atoms with Crippen LogP contribution in [0.5, 0.6) is 0 Å². The van der Waals surface area contributed by atoms with Crippen LogP contribution in [0.3, 0.4) is 0 Å².